The van der Waals surface area contributed by atoms with E-state index in [9.17, 15) is 9.90 Å². The van der Waals surface area contributed by atoms with E-state index in [1.807, 2.05) is 42.5 Å². The van der Waals surface area contributed by atoms with E-state index in [0.717, 1.165) is 16.6 Å². The van der Waals surface area contributed by atoms with E-state index >= 15 is 0 Å². The molecule has 0 bridgehead atoms. The van der Waals surface area contributed by atoms with Crippen molar-refractivity contribution in [2.45, 2.75) is 0 Å². The first kappa shape index (κ1) is 15.0. The molecular weight excluding hydrogens is 314 g/mol. The van der Waals surface area contributed by atoms with E-state index in [-0.39, 0.29) is 5.56 Å². The van der Waals surface area contributed by atoms with Crippen molar-refractivity contribution in [3.63, 3.8) is 0 Å². The molecule has 0 saturated heterocycles. The first-order chi connectivity index (χ1) is 12.2. The van der Waals surface area contributed by atoms with Gasteiger partial charge in [-0.05, 0) is 42.5 Å². The van der Waals surface area contributed by atoms with Gasteiger partial charge in [0.1, 0.15) is 0 Å². The summed E-state index contributed by atoms with van der Waals surface area (Å²) in [5.74, 6) is -0.975. The third kappa shape index (κ3) is 2.83. The van der Waals surface area contributed by atoms with E-state index in [2.05, 4.69) is 9.97 Å². The molecule has 25 heavy (non-hydrogen) atoms. The standard InChI is InChI=1S/C20H13N3O2/c24-20(25)14-8-7-13-11-15(16-5-1-3-9-21-16)19(23-18(13)12-14)17-6-2-4-10-22-17/h1-12H,(H,24,25). The molecule has 1 aromatic carbocycles. The zero-order valence-electron chi connectivity index (χ0n) is 13.1. The summed E-state index contributed by atoms with van der Waals surface area (Å²) < 4.78 is 0. The van der Waals surface area contributed by atoms with Crippen LogP contribution < -0.4 is 0 Å². The number of fused-ring (bicyclic) bond motifs is 1. The van der Waals surface area contributed by atoms with Crippen LogP contribution >= 0.6 is 0 Å². The Hall–Kier alpha value is -3.60. The molecule has 0 atom stereocenters. The van der Waals surface area contributed by atoms with E-state index in [4.69, 9.17) is 4.98 Å². The second-order valence-corrected chi connectivity index (χ2v) is 5.53. The lowest BCUT2D eigenvalue weighted by molar-refractivity contribution is 0.0697. The quantitative estimate of drug-likeness (QED) is 0.614. The number of carbonyl (C=O) groups is 1. The minimum absolute atomic E-state index is 0.206. The van der Waals surface area contributed by atoms with Gasteiger partial charge in [0.05, 0.1) is 28.2 Å². The van der Waals surface area contributed by atoms with Crippen molar-refractivity contribution in [1.29, 1.82) is 0 Å². The lowest BCUT2D eigenvalue weighted by atomic mass is 10.0. The second-order valence-electron chi connectivity index (χ2n) is 5.53. The zero-order valence-corrected chi connectivity index (χ0v) is 13.1. The molecule has 3 heterocycles. The molecule has 0 spiro atoms. The summed E-state index contributed by atoms with van der Waals surface area (Å²) in [5.41, 5.74) is 3.85. The number of aromatic nitrogens is 3. The highest BCUT2D eigenvalue weighted by molar-refractivity contribution is 5.96. The number of carboxylic acid groups (broad SMARTS) is 1. The van der Waals surface area contributed by atoms with Crippen LogP contribution in [0.15, 0.2) is 73.1 Å². The Morgan fingerprint density at radius 1 is 0.840 bits per heavy atom. The number of carboxylic acids is 1. The summed E-state index contributed by atoms with van der Waals surface area (Å²) in [6.45, 7) is 0. The second kappa shape index (κ2) is 6.13. The minimum atomic E-state index is -0.975. The molecule has 120 valence electrons. The highest BCUT2D eigenvalue weighted by atomic mass is 16.4. The summed E-state index contributed by atoms with van der Waals surface area (Å²) in [7, 11) is 0. The maximum Gasteiger partial charge on any atom is 0.335 e. The number of aromatic carboxylic acids is 1. The monoisotopic (exact) mass is 327 g/mol. The predicted molar refractivity (Wildman–Crippen MR) is 95.2 cm³/mol. The molecule has 0 aliphatic carbocycles. The van der Waals surface area contributed by atoms with Crippen LogP contribution in [0.3, 0.4) is 0 Å². The van der Waals surface area contributed by atoms with E-state index in [1.165, 1.54) is 0 Å². The maximum absolute atomic E-state index is 11.2. The predicted octanol–water partition coefficient (Wildman–Crippen LogP) is 4.06. The number of hydrogen-bond donors (Lipinski definition) is 1. The maximum atomic E-state index is 11.2. The normalized spacial score (nSPS) is 10.7. The Morgan fingerprint density at radius 3 is 2.20 bits per heavy atom. The fourth-order valence-corrected chi connectivity index (χ4v) is 2.72. The van der Waals surface area contributed by atoms with Gasteiger partial charge in [-0.3, -0.25) is 9.97 Å². The number of rotatable bonds is 3. The molecular formula is C20H13N3O2. The van der Waals surface area contributed by atoms with Crippen LogP contribution in [0.2, 0.25) is 0 Å². The summed E-state index contributed by atoms with van der Waals surface area (Å²) in [6, 6.07) is 18.2. The first-order valence-electron chi connectivity index (χ1n) is 7.73. The van der Waals surface area contributed by atoms with Crippen molar-refractivity contribution < 1.29 is 9.90 Å². The van der Waals surface area contributed by atoms with Crippen molar-refractivity contribution in [1.82, 2.24) is 15.0 Å². The molecule has 0 unspecified atom stereocenters. The zero-order chi connectivity index (χ0) is 17.2. The van der Waals surface area contributed by atoms with Crippen LogP contribution in [0.1, 0.15) is 10.4 Å². The van der Waals surface area contributed by atoms with Crippen molar-refractivity contribution >= 4 is 16.9 Å². The Balaban J connectivity index is 2.02. The molecule has 0 saturated carbocycles. The Morgan fingerprint density at radius 2 is 1.56 bits per heavy atom. The van der Waals surface area contributed by atoms with Gasteiger partial charge in [0.2, 0.25) is 0 Å². The Bertz CT molecular complexity index is 1060. The third-order valence-electron chi connectivity index (χ3n) is 3.91. The average Bonchev–Trinajstić information content (AvgIpc) is 2.68. The molecule has 0 amide bonds. The van der Waals surface area contributed by atoms with Crippen LogP contribution in [-0.2, 0) is 0 Å². The SMILES string of the molecule is O=C(O)c1ccc2cc(-c3ccccn3)c(-c3ccccn3)nc2c1. The molecule has 0 aliphatic rings. The van der Waals surface area contributed by atoms with Crippen molar-refractivity contribution in [2.75, 3.05) is 0 Å². The summed E-state index contributed by atoms with van der Waals surface area (Å²) in [6.07, 6.45) is 3.44. The van der Waals surface area contributed by atoms with Gasteiger partial charge in [-0.25, -0.2) is 9.78 Å². The van der Waals surface area contributed by atoms with Crippen LogP contribution in [-0.4, -0.2) is 26.0 Å². The molecule has 3 aromatic heterocycles. The molecule has 5 heteroatoms. The largest absolute Gasteiger partial charge is 0.478 e. The minimum Gasteiger partial charge on any atom is -0.478 e. The van der Waals surface area contributed by atoms with Gasteiger partial charge in [0.15, 0.2) is 0 Å². The molecule has 4 rings (SSSR count). The molecule has 1 N–H and O–H groups in total. The van der Waals surface area contributed by atoms with Crippen LogP contribution in [0.4, 0.5) is 0 Å². The molecule has 0 radical (unpaired) electrons. The first-order valence-corrected chi connectivity index (χ1v) is 7.73. The van der Waals surface area contributed by atoms with E-state index < -0.39 is 5.97 Å². The summed E-state index contributed by atoms with van der Waals surface area (Å²) >= 11 is 0. The smallest absolute Gasteiger partial charge is 0.335 e. The van der Waals surface area contributed by atoms with Crippen molar-refractivity contribution in [2.24, 2.45) is 0 Å². The van der Waals surface area contributed by atoms with Gasteiger partial charge in [-0.15, -0.1) is 0 Å². The molecule has 0 aliphatic heterocycles. The summed E-state index contributed by atoms with van der Waals surface area (Å²) in [5, 5.41) is 10.1. The number of nitrogens with zero attached hydrogens (tertiary/aromatic N) is 3. The van der Waals surface area contributed by atoms with Crippen molar-refractivity contribution in [3.8, 4) is 22.6 Å². The van der Waals surface area contributed by atoms with E-state index in [1.54, 1.807) is 30.6 Å². The Kier molecular flexibility index (Phi) is 3.67. The van der Waals surface area contributed by atoms with E-state index in [0.29, 0.717) is 16.9 Å². The van der Waals surface area contributed by atoms with Crippen molar-refractivity contribution in [3.05, 3.63) is 78.6 Å². The average molecular weight is 327 g/mol. The highest BCUT2D eigenvalue weighted by Gasteiger charge is 2.14. The summed E-state index contributed by atoms with van der Waals surface area (Å²) in [4.78, 5) is 24.8. The third-order valence-corrected chi connectivity index (χ3v) is 3.91. The van der Waals surface area contributed by atoms with Gasteiger partial charge in [-0.2, -0.15) is 0 Å². The number of hydrogen-bond acceptors (Lipinski definition) is 4. The van der Waals surface area contributed by atoms with Crippen LogP contribution in [0.5, 0.6) is 0 Å². The fraction of sp³-hybridized carbons (Fsp3) is 0. The lowest BCUT2D eigenvalue weighted by Crippen LogP contribution is -1.98. The Labute approximate surface area is 143 Å². The fourth-order valence-electron chi connectivity index (χ4n) is 2.72. The van der Waals surface area contributed by atoms with Crippen LogP contribution in [0, 0.1) is 0 Å². The van der Waals surface area contributed by atoms with Gasteiger partial charge >= 0.3 is 5.97 Å². The van der Waals surface area contributed by atoms with Crippen LogP contribution in [0.25, 0.3) is 33.5 Å². The number of pyridine rings is 3. The molecule has 4 aromatic rings. The highest BCUT2D eigenvalue weighted by Crippen LogP contribution is 2.31. The van der Waals surface area contributed by atoms with Gasteiger partial charge < -0.3 is 5.11 Å². The van der Waals surface area contributed by atoms with Gasteiger partial charge in [-0.1, -0.05) is 18.2 Å². The molecule has 5 nitrogen and oxygen atoms in total. The van der Waals surface area contributed by atoms with Gasteiger partial charge in [0, 0.05) is 23.3 Å². The number of benzene rings is 1. The lowest BCUT2D eigenvalue weighted by Gasteiger charge is -2.10. The van der Waals surface area contributed by atoms with Gasteiger partial charge in [0.25, 0.3) is 0 Å². The molecule has 0 fully saturated rings. The topological polar surface area (TPSA) is 76.0 Å².